The first-order valence-electron chi connectivity index (χ1n) is 10.4. The number of amides is 2. The molecule has 3 rings (SSSR count). The van der Waals surface area contributed by atoms with Crippen LogP contribution >= 0.6 is 0 Å². The molecule has 0 spiro atoms. The fraction of sp³-hybridized carbons (Fsp3) is 0.364. The number of alkyl halides is 6. The molecule has 202 valence electrons. The molecule has 0 radical (unpaired) electrons. The van der Waals surface area contributed by atoms with Gasteiger partial charge in [0, 0.05) is 25.0 Å². The molecule has 0 aromatic heterocycles. The predicted octanol–water partition coefficient (Wildman–Crippen LogP) is 4.07. The number of sulfone groups is 1. The van der Waals surface area contributed by atoms with Crippen molar-refractivity contribution in [1.29, 1.82) is 0 Å². The number of piperazine rings is 1. The highest BCUT2D eigenvalue weighted by Gasteiger charge is 2.40. The van der Waals surface area contributed by atoms with E-state index in [2.05, 4.69) is 0 Å². The summed E-state index contributed by atoms with van der Waals surface area (Å²) < 4.78 is 120. The molecule has 37 heavy (non-hydrogen) atoms. The third-order valence-corrected chi connectivity index (χ3v) is 6.57. The number of ether oxygens (including phenoxy) is 1. The first-order valence-corrected chi connectivity index (χ1v) is 12.3. The monoisotopic (exact) mass is 556 g/mol. The van der Waals surface area contributed by atoms with Crippen LogP contribution in [0.4, 0.5) is 36.4 Å². The van der Waals surface area contributed by atoms with Gasteiger partial charge in [0.15, 0.2) is 15.9 Å². The van der Waals surface area contributed by atoms with Crippen LogP contribution in [0.3, 0.4) is 0 Å². The summed E-state index contributed by atoms with van der Waals surface area (Å²) in [6.07, 6.45) is -11.3. The van der Waals surface area contributed by atoms with Crippen molar-refractivity contribution < 1.29 is 53.5 Å². The van der Waals surface area contributed by atoms with Gasteiger partial charge in [-0.15, -0.1) is 0 Å². The highest BCUT2D eigenvalue weighted by atomic mass is 32.2. The number of halogens is 7. The normalized spacial score (nSPS) is 16.1. The van der Waals surface area contributed by atoms with Crippen molar-refractivity contribution in [2.75, 3.05) is 30.8 Å². The van der Waals surface area contributed by atoms with Gasteiger partial charge in [0.05, 0.1) is 22.6 Å². The molecule has 1 atom stereocenters. The SMILES string of the molecule is CC(Oc1ccc(S(C)(=O)=O)cc1C(=O)N1CCN(c2ccc(C(F)(F)F)c(F)c2)CC1=O)C(F)(F)F. The lowest BCUT2D eigenvalue weighted by molar-refractivity contribution is -0.189. The molecule has 2 amide bonds. The molecular weight excluding hydrogens is 537 g/mol. The van der Waals surface area contributed by atoms with E-state index in [1.54, 1.807) is 0 Å². The zero-order chi connectivity index (χ0) is 27.9. The van der Waals surface area contributed by atoms with Crippen LogP contribution in [-0.4, -0.2) is 63.3 Å². The second kappa shape index (κ2) is 9.84. The predicted molar refractivity (Wildman–Crippen MR) is 115 cm³/mol. The number of hydrogen-bond acceptors (Lipinski definition) is 6. The summed E-state index contributed by atoms with van der Waals surface area (Å²) in [5.41, 5.74) is -2.17. The van der Waals surface area contributed by atoms with E-state index < -0.39 is 74.2 Å². The number of anilines is 1. The smallest absolute Gasteiger partial charge is 0.425 e. The molecule has 15 heteroatoms. The summed E-state index contributed by atoms with van der Waals surface area (Å²) in [5, 5.41) is 0. The first-order chi connectivity index (χ1) is 16.9. The summed E-state index contributed by atoms with van der Waals surface area (Å²) in [5.74, 6) is -4.22. The number of carbonyl (C=O) groups is 2. The minimum absolute atomic E-state index is 0.0620. The van der Waals surface area contributed by atoms with Crippen LogP contribution in [0.1, 0.15) is 22.8 Å². The van der Waals surface area contributed by atoms with Crippen LogP contribution in [0.2, 0.25) is 0 Å². The zero-order valence-electron chi connectivity index (χ0n) is 19.2. The van der Waals surface area contributed by atoms with Crippen molar-refractivity contribution >= 4 is 27.3 Å². The van der Waals surface area contributed by atoms with Crippen molar-refractivity contribution in [3.8, 4) is 5.75 Å². The molecule has 1 saturated heterocycles. The number of benzene rings is 2. The number of imide groups is 1. The van der Waals surface area contributed by atoms with Gasteiger partial charge in [-0.3, -0.25) is 14.5 Å². The second-order valence-corrected chi connectivity index (χ2v) is 10.2. The van der Waals surface area contributed by atoms with E-state index >= 15 is 0 Å². The van der Waals surface area contributed by atoms with Crippen molar-refractivity contribution in [3.05, 3.63) is 53.3 Å². The van der Waals surface area contributed by atoms with Gasteiger partial charge in [0.25, 0.3) is 5.91 Å². The maximum atomic E-state index is 14.0. The lowest BCUT2D eigenvalue weighted by atomic mass is 10.1. The van der Waals surface area contributed by atoms with Gasteiger partial charge >= 0.3 is 12.4 Å². The second-order valence-electron chi connectivity index (χ2n) is 8.17. The lowest BCUT2D eigenvalue weighted by Gasteiger charge is -2.35. The maximum absolute atomic E-state index is 14.0. The van der Waals surface area contributed by atoms with E-state index in [-0.39, 0.29) is 18.8 Å². The fourth-order valence-corrected chi connectivity index (χ4v) is 4.10. The Bertz CT molecular complexity index is 1330. The topological polar surface area (TPSA) is 84.0 Å². The highest BCUT2D eigenvalue weighted by molar-refractivity contribution is 7.90. The largest absolute Gasteiger partial charge is 0.480 e. The molecule has 1 unspecified atom stereocenters. The van der Waals surface area contributed by atoms with Gasteiger partial charge in [0.1, 0.15) is 11.6 Å². The van der Waals surface area contributed by atoms with E-state index in [1.807, 2.05) is 0 Å². The summed E-state index contributed by atoms with van der Waals surface area (Å²) in [4.78, 5) is 27.3. The van der Waals surface area contributed by atoms with Crippen molar-refractivity contribution in [2.45, 2.75) is 30.3 Å². The van der Waals surface area contributed by atoms with E-state index in [1.165, 1.54) is 4.90 Å². The molecule has 0 bridgehead atoms. The number of carbonyl (C=O) groups excluding carboxylic acids is 2. The molecule has 0 saturated carbocycles. The molecule has 0 N–H and O–H groups in total. The standard InChI is InChI=1S/C22H19F7N2O5S/c1-12(21(24,25)26)36-18-6-4-14(37(2,34)35)10-15(18)20(33)31-8-7-30(11-19(31)32)13-3-5-16(17(23)9-13)22(27,28)29/h3-6,9-10,12H,7-8,11H2,1-2H3. The Labute approximate surface area is 206 Å². The molecule has 1 fully saturated rings. The quantitative estimate of drug-likeness (QED) is 0.408. The summed E-state index contributed by atoms with van der Waals surface area (Å²) in [6.45, 7) is -0.426. The van der Waals surface area contributed by atoms with Crippen molar-refractivity contribution in [2.24, 2.45) is 0 Å². The molecule has 2 aromatic carbocycles. The first kappa shape index (κ1) is 28.2. The lowest BCUT2D eigenvalue weighted by Crippen LogP contribution is -2.52. The molecule has 1 aliphatic rings. The van der Waals surface area contributed by atoms with Crippen LogP contribution < -0.4 is 9.64 Å². The summed E-state index contributed by atoms with van der Waals surface area (Å²) in [7, 11) is -3.90. The van der Waals surface area contributed by atoms with Gasteiger partial charge in [-0.2, -0.15) is 26.3 Å². The Morgan fingerprint density at radius 1 is 1.03 bits per heavy atom. The van der Waals surface area contributed by atoms with Crippen LogP contribution in [0.15, 0.2) is 41.3 Å². The number of hydrogen-bond donors (Lipinski definition) is 0. The van der Waals surface area contributed by atoms with Gasteiger partial charge in [-0.25, -0.2) is 12.8 Å². The highest BCUT2D eigenvalue weighted by Crippen LogP contribution is 2.34. The molecule has 0 aliphatic carbocycles. The number of rotatable bonds is 5. The van der Waals surface area contributed by atoms with Crippen LogP contribution in [0.25, 0.3) is 0 Å². The van der Waals surface area contributed by atoms with E-state index in [0.717, 1.165) is 30.5 Å². The fourth-order valence-electron chi connectivity index (χ4n) is 3.45. The molecular formula is C22H19F7N2O5S. The van der Waals surface area contributed by atoms with Gasteiger partial charge in [-0.05, 0) is 43.3 Å². The Morgan fingerprint density at radius 2 is 1.68 bits per heavy atom. The van der Waals surface area contributed by atoms with Crippen molar-refractivity contribution in [1.82, 2.24) is 4.90 Å². The molecule has 7 nitrogen and oxygen atoms in total. The Kier molecular flexibility index (Phi) is 7.50. The minimum Gasteiger partial charge on any atom is -0.480 e. The van der Waals surface area contributed by atoms with Crippen molar-refractivity contribution in [3.63, 3.8) is 0 Å². The van der Waals surface area contributed by atoms with Crippen LogP contribution in [0.5, 0.6) is 5.75 Å². The Morgan fingerprint density at radius 3 is 2.19 bits per heavy atom. The van der Waals surface area contributed by atoms with Crippen LogP contribution in [0, 0.1) is 5.82 Å². The van der Waals surface area contributed by atoms with E-state index in [9.17, 15) is 48.7 Å². The summed E-state index contributed by atoms with van der Waals surface area (Å²) in [6, 6.07) is 4.67. The number of nitrogens with zero attached hydrogens (tertiary/aromatic N) is 2. The zero-order valence-corrected chi connectivity index (χ0v) is 20.0. The average molecular weight is 556 g/mol. The molecule has 1 heterocycles. The average Bonchev–Trinajstić information content (AvgIpc) is 2.76. The Hall–Kier alpha value is -3.36. The van der Waals surface area contributed by atoms with E-state index in [0.29, 0.717) is 24.0 Å². The van der Waals surface area contributed by atoms with Gasteiger partial charge < -0.3 is 9.64 Å². The molecule has 1 aliphatic heterocycles. The van der Waals surface area contributed by atoms with Gasteiger partial charge in [-0.1, -0.05) is 0 Å². The maximum Gasteiger partial charge on any atom is 0.425 e. The third kappa shape index (κ3) is 6.32. The third-order valence-electron chi connectivity index (χ3n) is 5.46. The summed E-state index contributed by atoms with van der Waals surface area (Å²) >= 11 is 0. The van der Waals surface area contributed by atoms with Gasteiger partial charge in [0.2, 0.25) is 5.91 Å². The molecule has 2 aromatic rings. The van der Waals surface area contributed by atoms with E-state index in [4.69, 9.17) is 4.74 Å². The Balaban J connectivity index is 1.88. The minimum atomic E-state index is -4.92. The van der Waals surface area contributed by atoms with Crippen LogP contribution in [-0.2, 0) is 20.8 Å².